The molecule has 0 aliphatic heterocycles. The summed E-state index contributed by atoms with van der Waals surface area (Å²) in [6.45, 7) is -0.222. The van der Waals surface area contributed by atoms with Crippen molar-refractivity contribution in [1.82, 2.24) is 14.5 Å². The second kappa shape index (κ2) is 4.48. The molecule has 1 N–H and O–H groups in total. The third-order valence-electron chi connectivity index (χ3n) is 2.80. The summed E-state index contributed by atoms with van der Waals surface area (Å²) in [4.78, 5) is 38.9. The Morgan fingerprint density at radius 2 is 2.24 bits per heavy atom. The molecule has 0 unspecified atom stereocenters. The summed E-state index contributed by atoms with van der Waals surface area (Å²) in [5.74, 6) is -0.224. The molecule has 17 heavy (non-hydrogen) atoms. The zero-order valence-corrected chi connectivity index (χ0v) is 10.9. The molecule has 0 aromatic carbocycles. The highest BCUT2D eigenvalue weighted by Gasteiger charge is 2.29. The van der Waals surface area contributed by atoms with Gasteiger partial charge in [0.15, 0.2) is 0 Å². The third kappa shape index (κ3) is 2.49. The number of hydrogen-bond acceptors (Lipinski definition) is 3. The molecule has 0 spiro atoms. The minimum Gasteiger partial charge on any atom is -0.341 e. The number of H-pyrrole nitrogens is 1. The van der Waals surface area contributed by atoms with Crippen molar-refractivity contribution in [2.45, 2.75) is 25.4 Å². The van der Waals surface area contributed by atoms with Crippen LogP contribution in [-0.2, 0) is 11.3 Å². The zero-order chi connectivity index (χ0) is 12.6. The highest BCUT2D eigenvalue weighted by atomic mass is 79.9. The van der Waals surface area contributed by atoms with Gasteiger partial charge in [0, 0.05) is 19.3 Å². The normalized spacial score (nSPS) is 14.7. The molecule has 0 radical (unpaired) electrons. The van der Waals surface area contributed by atoms with Crippen molar-refractivity contribution < 1.29 is 4.79 Å². The van der Waals surface area contributed by atoms with E-state index in [-0.39, 0.29) is 23.0 Å². The standard InChI is InChI=1S/C10H12BrN3O3/c1-13(6-2-3-6)8(15)5-14-9(16)7(11)4-12-10(14)17/h4,6H,2-3,5H2,1H3,(H,12,17). The summed E-state index contributed by atoms with van der Waals surface area (Å²) in [5.41, 5.74) is -1.07. The van der Waals surface area contributed by atoms with Crippen LogP contribution in [0, 0.1) is 0 Å². The van der Waals surface area contributed by atoms with E-state index < -0.39 is 11.2 Å². The SMILES string of the molecule is CN(C(=O)Cn1c(=O)[nH]cc(Br)c1=O)C1CC1. The van der Waals surface area contributed by atoms with E-state index in [2.05, 4.69) is 20.9 Å². The minimum absolute atomic E-state index is 0.222. The molecule has 2 rings (SSSR count). The van der Waals surface area contributed by atoms with Crippen molar-refractivity contribution in [1.29, 1.82) is 0 Å². The van der Waals surface area contributed by atoms with Crippen LogP contribution in [0.5, 0.6) is 0 Å². The zero-order valence-electron chi connectivity index (χ0n) is 9.27. The monoisotopic (exact) mass is 301 g/mol. The predicted molar refractivity (Wildman–Crippen MR) is 64.8 cm³/mol. The topological polar surface area (TPSA) is 75.2 Å². The lowest BCUT2D eigenvalue weighted by molar-refractivity contribution is -0.131. The molecule has 1 fully saturated rings. The molecular weight excluding hydrogens is 290 g/mol. The number of nitrogens with one attached hydrogen (secondary N) is 1. The van der Waals surface area contributed by atoms with Gasteiger partial charge in [-0.15, -0.1) is 0 Å². The van der Waals surface area contributed by atoms with Crippen LogP contribution >= 0.6 is 15.9 Å². The number of nitrogens with zero attached hydrogens (tertiary/aromatic N) is 2. The molecule has 6 nitrogen and oxygen atoms in total. The van der Waals surface area contributed by atoms with Gasteiger partial charge < -0.3 is 9.88 Å². The van der Waals surface area contributed by atoms with Crippen molar-refractivity contribution >= 4 is 21.8 Å². The molecular formula is C10H12BrN3O3. The fourth-order valence-electron chi connectivity index (χ4n) is 1.54. The Kier molecular flexibility index (Phi) is 3.19. The Hall–Kier alpha value is -1.37. The van der Waals surface area contributed by atoms with Crippen molar-refractivity contribution in [3.63, 3.8) is 0 Å². The first-order valence-electron chi connectivity index (χ1n) is 5.24. The van der Waals surface area contributed by atoms with E-state index in [1.165, 1.54) is 6.20 Å². The van der Waals surface area contributed by atoms with E-state index in [0.717, 1.165) is 17.4 Å². The van der Waals surface area contributed by atoms with Crippen LogP contribution in [0.2, 0.25) is 0 Å². The van der Waals surface area contributed by atoms with Crippen molar-refractivity contribution in [3.05, 3.63) is 31.5 Å². The quantitative estimate of drug-likeness (QED) is 0.848. The van der Waals surface area contributed by atoms with Crippen molar-refractivity contribution in [2.24, 2.45) is 0 Å². The lowest BCUT2D eigenvalue weighted by atomic mass is 10.4. The van der Waals surface area contributed by atoms with Gasteiger partial charge in [0.25, 0.3) is 5.56 Å². The maximum absolute atomic E-state index is 11.8. The average molecular weight is 302 g/mol. The summed E-state index contributed by atoms with van der Waals surface area (Å²) in [6, 6.07) is 0.268. The second-order valence-corrected chi connectivity index (χ2v) is 4.92. The average Bonchev–Trinajstić information content (AvgIpc) is 3.12. The summed E-state index contributed by atoms with van der Waals surface area (Å²) >= 11 is 3.02. The number of rotatable bonds is 3. The van der Waals surface area contributed by atoms with E-state index in [1.54, 1.807) is 11.9 Å². The van der Waals surface area contributed by atoms with Gasteiger partial charge in [0.05, 0.1) is 4.47 Å². The van der Waals surface area contributed by atoms with Gasteiger partial charge in [-0.25, -0.2) is 9.36 Å². The number of aromatic nitrogens is 2. The molecule has 7 heteroatoms. The van der Waals surface area contributed by atoms with Crippen LogP contribution in [-0.4, -0.2) is 33.4 Å². The molecule has 0 saturated heterocycles. The first-order valence-corrected chi connectivity index (χ1v) is 6.03. The number of hydrogen-bond donors (Lipinski definition) is 1. The Labute approximate surface area is 105 Å². The number of carbonyl (C=O) groups is 1. The van der Waals surface area contributed by atoms with E-state index in [9.17, 15) is 14.4 Å². The van der Waals surface area contributed by atoms with E-state index in [4.69, 9.17) is 0 Å². The predicted octanol–water partition coefficient (Wildman–Crippen LogP) is -0.0801. The number of amides is 1. The first-order chi connectivity index (χ1) is 8.00. The van der Waals surface area contributed by atoms with Crippen molar-refractivity contribution in [3.8, 4) is 0 Å². The van der Waals surface area contributed by atoms with E-state index in [1.807, 2.05) is 0 Å². The lowest BCUT2D eigenvalue weighted by Gasteiger charge is -2.16. The van der Waals surface area contributed by atoms with Crippen LogP contribution in [0.4, 0.5) is 0 Å². The lowest BCUT2D eigenvalue weighted by Crippen LogP contribution is -2.41. The minimum atomic E-state index is -0.573. The van der Waals surface area contributed by atoms with Gasteiger partial charge in [-0.2, -0.15) is 0 Å². The fraction of sp³-hybridized carbons (Fsp3) is 0.500. The number of carbonyl (C=O) groups excluding carboxylic acids is 1. The molecule has 1 saturated carbocycles. The molecule has 1 aliphatic rings. The molecule has 92 valence electrons. The smallest absolute Gasteiger partial charge is 0.328 e. The van der Waals surface area contributed by atoms with Crippen LogP contribution in [0.1, 0.15) is 12.8 Å². The molecule has 1 aromatic heterocycles. The molecule has 0 atom stereocenters. The summed E-state index contributed by atoms with van der Waals surface area (Å²) in [6.07, 6.45) is 3.26. The van der Waals surface area contributed by atoms with Gasteiger partial charge in [0.2, 0.25) is 5.91 Å². The first kappa shape index (κ1) is 12.1. The Balaban J connectivity index is 2.24. The Morgan fingerprint density at radius 3 is 2.82 bits per heavy atom. The van der Waals surface area contributed by atoms with E-state index in [0.29, 0.717) is 0 Å². The van der Waals surface area contributed by atoms with Crippen LogP contribution < -0.4 is 11.2 Å². The largest absolute Gasteiger partial charge is 0.341 e. The van der Waals surface area contributed by atoms with Gasteiger partial charge in [-0.05, 0) is 28.8 Å². The van der Waals surface area contributed by atoms with Gasteiger partial charge in [0.1, 0.15) is 6.54 Å². The van der Waals surface area contributed by atoms with Crippen LogP contribution in [0.3, 0.4) is 0 Å². The second-order valence-electron chi connectivity index (χ2n) is 4.07. The fourth-order valence-corrected chi connectivity index (χ4v) is 1.87. The van der Waals surface area contributed by atoms with Gasteiger partial charge in [-0.3, -0.25) is 9.59 Å². The Bertz CT molecular complexity index is 559. The van der Waals surface area contributed by atoms with Crippen LogP contribution in [0.25, 0.3) is 0 Å². The number of aromatic amines is 1. The van der Waals surface area contributed by atoms with Gasteiger partial charge in [-0.1, -0.05) is 0 Å². The molecule has 0 bridgehead atoms. The molecule has 1 amide bonds. The highest BCUT2D eigenvalue weighted by molar-refractivity contribution is 9.10. The molecule has 1 aliphatic carbocycles. The molecule has 1 heterocycles. The molecule has 1 aromatic rings. The van der Waals surface area contributed by atoms with E-state index >= 15 is 0 Å². The summed E-state index contributed by atoms with van der Waals surface area (Å²) in [5, 5.41) is 0. The van der Waals surface area contributed by atoms with Crippen LogP contribution in [0.15, 0.2) is 20.3 Å². The summed E-state index contributed by atoms with van der Waals surface area (Å²) < 4.78 is 1.13. The third-order valence-corrected chi connectivity index (χ3v) is 3.37. The Morgan fingerprint density at radius 1 is 1.59 bits per heavy atom. The van der Waals surface area contributed by atoms with Crippen molar-refractivity contribution in [2.75, 3.05) is 7.05 Å². The number of halogens is 1. The summed E-state index contributed by atoms with van der Waals surface area (Å²) in [7, 11) is 1.69. The number of likely N-dealkylation sites (N-methyl/N-ethyl adjacent to an activating group) is 1. The van der Waals surface area contributed by atoms with Gasteiger partial charge >= 0.3 is 5.69 Å². The highest BCUT2D eigenvalue weighted by Crippen LogP contribution is 2.25. The maximum Gasteiger partial charge on any atom is 0.328 e. The maximum atomic E-state index is 11.8.